The van der Waals surface area contributed by atoms with Gasteiger partial charge in [0.15, 0.2) is 17.9 Å². The lowest BCUT2D eigenvalue weighted by molar-refractivity contribution is 0.111. The molecule has 6 nitrogen and oxygen atoms in total. The summed E-state index contributed by atoms with van der Waals surface area (Å²) in [5, 5.41) is 3.62. The van der Waals surface area contributed by atoms with E-state index in [0.29, 0.717) is 0 Å². The number of hydrogen-bond donors (Lipinski definition) is 0. The number of carbonyl (C=O) groups is 2. The van der Waals surface area contributed by atoms with Crippen molar-refractivity contribution in [2.45, 2.75) is 13.0 Å². The molecule has 1 aromatic heterocycles. The summed E-state index contributed by atoms with van der Waals surface area (Å²) < 4.78 is 36.8. The number of fused-ring (bicyclic) bond motifs is 1. The molecule has 1 aliphatic rings. The summed E-state index contributed by atoms with van der Waals surface area (Å²) in [6, 6.07) is 0.758. The average Bonchev–Trinajstić information content (AvgIpc) is 2.97. The Labute approximate surface area is 110 Å². The van der Waals surface area contributed by atoms with Gasteiger partial charge in [0, 0.05) is 0 Å². The van der Waals surface area contributed by atoms with Gasteiger partial charge in [0.05, 0.1) is 17.0 Å². The third-order valence-electron chi connectivity index (χ3n) is 3.09. The lowest BCUT2D eigenvalue weighted by Gasteiger charge is -2.14. The number of anilines is 1. The van der Waals surface area contributed by atoms with Crippen LogP contribution < -0.4 is 4.90 Å². The fourth-order valence-electron chi connectivity index (χ4n) is 2.09. The van der Waals surface area contributed by atoms with Crippen molar-refractivity contribution in [3.05, 3.63) is 23.3 Å². The van der Waals surface area contributed by atoms with Gasteiger partial charge >= 0.3 is 6.09 Å². The maximum atomic E-state index is 13.7. The Balaban J connectivity index is 2.26. The topological polar surface area (TPSA) is 72.6 Å². The number of halogens is 2. The monoisotopic (exact) mass is 282 g/mol. The summed E-state index contributed by atoms with van der Waals surface area (Å²) in [6.45, 7) is 1.85. The van der Waals surface area contributed by atoms with Crippen LogP contribution in [-0.4, -0.2) is 30.2 Å². The Morgan fingerprint density at radius 3 is 2.80 bits per heavy atom. The van der Waals surface area contributed by atoms with Crippen molar-refractivity contribution in [1.29, 1.82) is 0 Å². The van der Waals surface area contributed by atoms with E-state index in [-0.39, 0.29) is 30.1 Å². The summed E-state index contributed by atoms with van der Waals surface area (Å²) in [4.78, 5) is 23.5. The molecule has 0 unspecified atom stereocenters. The predicted octanol–water partition coefficient (Wildman–Crippen LogP) is 2.26. The van der Waals surface area contributed by atoms with Crippen molar-refractivity contribution < 1.29 is 27.6 Å². The van der Waals surface area contributed by atoms with Crippen LogP contribution in [0.25, 0.3) is 11.0 Å². The minimum atomic E-state index is -1.32. The normalized spacial score (nSPS) is 18.6. The van der Waals surface area contributed by atoms with E-state index in [0.717, 1.165) is 11.0 Å². The number of hydrogen-bond acceptors (Lipinski definition) is 5. The van der Waals surface area contributed by atoms with Crippen LogP contribution in [0.4, 0.5) is 19.4 Å². The highest BCUT2D eigenvalue weighted by atomic mass is 19.2. The zero-order chi connectivity index (χ0) is 14.4. The molecule has 1 aliphatic heterocycles. The number of nitrogens with zero attached hydrogens (tertiary/aromatic N) is 2. The van der Waals surface area contributed by atoms with Gasteiger partial charge in [0.2, 0.25) is 11.4 Å². The second kappa shape index (κ2) is 4.26. The van der Waals surface area contributed by atoms with Crippen LogP contribution in [0.1, 0.15) is 17.3 Å². The van der Waals surface area contributed by atoms with Gasteiger partial charge in [-0.3, -0.25) is 9.69 Å². The highest BCUT2D eigenvalue weighted by molar-refractivity contribution is 6.01. The largest absolute Gasteiger partial charge is 0.447 e. The molecular formula is C12H8F2N2O4. The smallest absolute Gasteiger partial charge is 0.416 e. The zero-order valence-electron chi connectivity index (χ0n) is 10.2. The fraction of sp³-hybridized carbons (Fsp3) is 0.250. The number of benzene rings is 1. The summed E-state index contributed by atoms with van der Waals surface area (Å²) in [7, 11) is 0. The third kappa shape index (κ3) is 1.57. The summed E-state index contributed by atoms with van der Waals surface area (Å²) in [6.07, 6.45) is -0.481. The molecular weight excluding hydrogens is 274 g/mol. The summed E-state index contributed by atoms with van der Waals surface area (Å²) in [5.41, 5.74) is -0.922. The Bertz CT molecular complexity index is 728. The second-order valence-corrected chi connectivity index (χ2v) is 4.39. The van der Waals surface area contributed by atoms with E-state index in [1.807, 2.05) is 0 Å². The van der Waals surface area contributed by atoms with E-state index in [1.165, 1.54) is 0 Å². The van der Waals surface area contributed by atoms with E-state index < -0.39 is 28.9 Å². The molecule has 2 aromatic rings. The molecule has 1 fully saturated rings. The molecule has 0 saturated carbocycles. The molecule has 104 valence electrons. The standard InChI is InChI=1S/C12H8F2N2O4/c1-5-4-19-12(18)16(5)11-7-2-6(3-17)8(13)9(14)10(7)20-15-11/h2-3,5H,4H2,1H3/t5-/m0/s1. The number of aldehydes is 1. The molecule has 0 radical (unpaired) electrons. The average molecular weight is 282 g/mol. The molecule has 3 rings (SSSR count). The van der Waals surface area contributed by atoms with Crippen molar-refractivity contribution in [3.8, 4) is 0 Å². The first-order valence-electron chi connectivity index (χ1n) is 5.73. The van der Waals surface area contributed by atoms with Crippen molar-refractivity contribution in [3.63, 3.8) is 0 Å². The summed E-state index contributed by atoms with van der Waals surface area (Å²) in [5.74, 6) is -2.63. The van der Waals surface area contributed by atoms with Crippen LogP contribution >= 0.6 is 0 Å². The van der Waals surface area contributed by atoms with Crippen molar-refractivity contribution in [1.82, 2.24) is 5.16 Å². The molecule has 20 heavy (non-hydrogen) atoms. The Kier molecular flexibility index (Phi) is 2.66. The lowest BCUT2D eigenvalue weighted by Crippen LogP contribution is -2.31. The predicted molar refractivity (Wildman–Crippen MR) is 62.6 cm³/mol. The quantitative estimate of drug-likeness (QED) is 0.790. The van der Waals surface area contributed by atoms with Crippen molar-refractivity contribution >= 4 is 29.2 Å². The molecule has 1 amide bonds. The lowest BCUT2D eigenvalue weighted by atomic mass is 10.1. The van der Waals surface area contributed by atoms with Gasteiger partial charge in [-0.15, -0.1) is 0 Å². The van der Waals surface area contributed by atoms with Gasteiger partial charge in [0.25, 0.3) is 0 Å². The second-order valence-electron chi connectivity index (χ2n) is 4.39. The molecule has 0 spiro atoms. The minimum Gasteiger partial charge on any atom is -0.447 e. The Hall–Kier alpha value is -2.51. The van der Waals surface area contributed by atoms with Crippen LogP contribution in [0.2, 0.25) is 0 Å². The number of carbonyl (C=O) groups excluding carboxylic acids is 2. The molecule has 0 aliphatic carbocycles. The zero-order valence-corrected chi connectivity index (χ0v) is 10.2. The van der Waals surface area contributed by atoms with Gasteiger partial charge in [-0.1, -0.05) is 5.16 Å². The number of amides is 1. The number of aromatic nitrogens is 1. The number of cyclic esters (lactones) is 1. The first-order chi connectivity index (χ1) is 9.54. The fourth-order valence-corrected chi connectivity index (χ4v) is 2.09. The van der Waals surface area contributed by atoms with Crippen LogP contribution in [0.15, 0.2) is 10.6 Å². The molecule has 2 heterocycles. The minimum absolute atomic E-state index is 0.00278. The Morgan fingerprint density at radius 2 is 2.20 bits per heavy atom. The van der Waals surface area contributed by atoms with Crippen LogP contribution in [0.5, 0.6) is 0 Å². The van der Waals surface area contributed by atoms with E-state index in [1.54, 1.807) is 6.92 Å². The van der Waals surface area contributed by atoms with Gasteiger partial charge in [-0.05, 0) is 13.0 Å². The van der Waals surface area contributed by atoms with Crippen LogP contribution in [0.3, 0.4) is 0 Å². The van der Waals surface area contributed by atoms with Crippen LogP contribution in [0, 0.1) is 11.6 Å². The third-order valence-corrected chi connectivity index (χ3v) is 3.09. The first-order valence-corrected chi connectivity index (χ1v) is 5.73. The molecule has 1 saturated heterocycles. The van der Waals surface area contributed by atoms with E-state index in [9.17, 15) is 18.4 Å². The van der Waals surface area contributed by atoms with E-state index in [2.05, 4.69) is 5.16 Å². The molecule has 1 atom stereocenters. The van der Waals surface area contributed by atoms with E-state index >= 15 is 0 Å². The molecule has 0 bridgehead atoms. The Morgan fingerprint density at radius 1 is 1.45 bits per heavy atom. The highest BCUT2D eigenvalue weighted by Crippen LogP contribution is 2.33. The molecule has 8 heteroatoms. The number of ether oxygens (including phenoxy) is 1. The molecule has 0 N–H and O–H groups in total. The highest BCUT2D eigenvalue weighted by Gasteiger charge is 2.35. The SMILES string of the molecule is C[C@H]1COC(=O)N1c1noc2c(F)c(F)c(C=O)cc12. The maximum Gasteiger partial charge on any atom is 0.416 e. The van der Waals surface area contributed by atoms with Gasteiger partial charge in [-0.2, -0.15) is 4.39 Å². The number of rotatable bonds is 2. The maximum absolute atomic E-state index is 13.7. The van der Waals surface area contributed by atoms with E-state index in [4.69, 9.17) is 9.26 Å². The first kappa shape index (κ1) is 12.5. The van der Waals surface area contributed by atoms with Gasteiger partial charge in [-0.25, -0.2) is 9.18 Å². The van der Waals surface area contributed by atoms with Crippen LogP contribution in [-0.2, 0) is 4.74 Å². The van der Waals surface area contributed by atoms with Crippen molar-refractivity contribution in [2.24, 2.45) is 0 Å². The summed E-state index contributed by atoms with van der Waals surface area (Å²) >= 11 is 0. The van der Waals surface area contributed by atoms with Gasteiger partial charge < -0.3 is 9.26 Å². The van der Waals surface area contributed by atoms with Gasteiger partial charge in [0.1, 0.15) is 6.61 Å². The van der Waals surface area contributed by atoms with Crippen molar-refractivity contribution in [2.75, 3.05) is 11.5 Å². The molecule has 1 aromatic carbocycles.